The molecule has 5 nitrogen and oxygen atoms in total. The van der Waals surface area contributed by atoms with Gasteiger partial charge in [-0.05, 0) is 18.9 Å². The molecule has 1 rings (SSSR count). The highest BCUT2D eigenvalue weighted by Crippen LogP contribution is 2.38. The van der Waals surface area contributed by atoms with Crippen molar-refractivity contribution in [3.63, 3.8) is 0 Å². The van der Waals surface area contributed by atoms with Crippen LogP contribution in [0.2, 0.25) is 0 Å². The summed E-state index contributed by atoms with van der Waals surface area (Å²) in [4.78, 5) is 10.7. The van der Waals surface area contributed by atoms with Crippen LogP contribution in [-0.2, 0) is 0 Å². The van der Waals surface area contributed by atoms with E-state index in [1.807, 2.05) is 0 Å². The molecule has 0 fully saturated rings. The summed E-state index contributed by atoms with van der Waals surface area (Å²) in [6.07, 6.45) is 1.07. The molecule has 1 aromatic carbocycles. The second-order valence-corrected chi connectivity index (χ2v) is 5.69. The van der Waals surface area contributed by atoms with Gasteiger partial charge in [-0.3, -0.25) is 10.1 Å². The normalized spacial score (nSPS) is 12.5. The van der Waals surface area contributed by atoms with E-state index in [9.17, 15) is 15.2 Å². The molecular weight excluding hydrogens is 326 g/mol. The molecule has 20 heavy (non-hydrogen) atoms. The quantitative estimate of drug-likeness (QED) is 0.592. The molecule has 0 aliphatic carbocycles. The summed E-state index contributed by atoms with van der Waals surface area (Å²) < 4.78 is 6.22. The Morgan fingerprint density at radius 2 is 2.00 bits per heavy atom. The molecule has 0 saturated carbocycles. The minimum atomic E-state index is -0.831. The summed E-state index contributed by atoms with van der Waals surface area (Å²) in [6.45, 7) is 6.09. The lowest BCUT2D eigenvalue weighted by Crippen LogP contribution is -2.13. The van der Waals surface area contributed by atoms with Crippen LogP contribution >= 0.6 is 15.9 Å². The van der Waals surface area contributed by atoms with Crippen molar-refractivity contribution in [2.75, 3.05) is 6.61 Å². The predicted molar refractivity (Wildman–Crippen MR) is 81.0 cm³/mol. The van der Waals surface area contributed by atoms with Gasteiger partial charge in [-0.15, -0.1) is 0 Å². The van der Waals surface area contributed by atoms with Crippen molar-refractivity contribution in [3.05, 3.63) is 32.3 Å². The molecule has 0 aromatic heterocycles. The van der Waals surface area contributed by atoms with Crippen molar-refractivity contribution in [1.29, 1.82) is 0 Å². The Bertz CT molecular complexity index is 472. The predicted octanol–water partition coefficient (Wildman–Crippen LogP) is 4.23. The smallest absolute Gasteiger partial charge is 0.312 e. The number of hydrogen-bond donors (Lipinski definition) is 1. The van der Waals surface area contributed by atoms with Crippen LogP contribution in [0.3, 0.4) is 0 Å². The van der Waals surface area contributed by atoms with E-state index in [0.29, 0.717) is 22.6 Å². The Kier molecular flexibility index (Phi) is 6.42. The standard InChI is InChI=1S/C14H20BrNO4/c1-4-10(5-2)8-20-14-12(9(3)17)6-11(15)7-13(14)16(18)19/h6-7,9-10,17H,4-5,8H2,1-3H3/t9-/m1/s1. The van der Waals surface area contributed by atoms with Gasteiger partial charge in [0.05, 0.1) is 17.6 Å². The van der Waals surface area contributed by atoms with Crippen molar-refractivity contribution in [2.45, 2.75) is 39.7 Å². The molecule has 0 unspecified atom stereocenters. The molecule has 1 atom stereocenters. The molecule has 112 valence electrons. The monoisotopic (exact) mass is 345 g/mol. The Morgan fingerprint density at radius 3 is 2.45 bits per heavy atom. The Hall–Kier alpha value is -1.14. The molecule has 1 aromatic rings. The summed E-state index contributed by atoms with van der Waals surface area (Å²) in [6, 6.07) is 3.05. The SMILES string of the molecule is CCC(CC)COc1c([C@@H](C)O)cc(Br)cc1[N+](=O)[O-]. The third-order valence-corrected chi connectivity index (χ3v) is 3.79. The van der Waals surface area contributed by atoms with Gasteiger partial charge >= 0.3 is 5.69 Å². The van der Waals surface area contributed by atoms with Crippen LogP contribution in [0.25, 0.3) is 0 Å². The van der Waals surface area contributed by atoms with Crippen molar-refractivity contribution in [1.82, 2.24) is 0 Å². The largest absolute Gasteiger partial charge is 0.486 e. The fourth-order valence-corrected chi connectivity index (χ4v) is 2.39. The van der Waals surface area contributed by atoms with Gasteiger partial charge in [0.1, 0.15) is 0 Å². The lowest BCUT2D eigenvalue weighted by Gasteiger charge is -2.17. The number of rotatable bonds is 7. The van der Waals surface area contributed by atoms with Crippen LogP contribution in [0.15, 0.2) is 16.6 Å². The second-order valence-electron chi connectivity index (χ2n) is 4.77. The number of nitro groups is 1. The first-order valence-electron chi connectivity index (χ1n) is 6.69. The fourth-order valence-electron chi connectivity index (χ4n) is 1.93. The van der Waals surface area contributed by atoms with E-state index in [2.05, 4.69) is 29.8 Å². The van der Waals surface area contributed by atoms with Gasteiger partial charge in [-0.2, -0.15) is 0 Å². The van der Waals surface area contributed by atoms with Gasteiger partial charge in [0, 0.05) is 16.1 Å². The molecule has 0 amide bonds. The van der Waals surface area contributed by atoms with Gasteiger partial charge in [-0.25, -0.2) is 0 Å². The van der Waals surface area contributed by atoms with Crippen molar-refractivity contribution < 1.29 is 14.8 Å². The summed E-state index contributed by atoms with van der Waals surface area (Å²) in [7, 11) is 0. The molecule has 6 heteroatoms. The van der Waals surface area contributed by atoms with E-state index in [-0.39, 0.29) is 11.4 Å². The Balaban J connectivity index is 3.16. The number of aliphatic hydroxyl groups excluding tert-OH is 1. The maximum atomic E-state index is 11.2. The van der Waals surface area contributed by atoms with Crippen molar-refractivity contribution in [2.24, 2.45) is 5.92 Å². The van der Waals surface area contributed by atoms with Gasteiger partial charge in [0.2, 0.25) is 5.75 Å². The second kappa shape index (κ2) is 7.59. The molecule has 0 bridgehead atoms. The van der Waals surface area contributed by atoms with Crippen LogP contribution in [0.1, 0.15) is 45.3 Å². The van der Waals surface area contributed by atoms with E-state index < -0.39 is 11.0 Å². The molecular formula is C14H20BrNO4. The lowest BCUT2D eigenvalue weighted by molar-refractivity contribution is -0.386. The van der Waals surface area contributed by atoms with Crippen LogP contribution in [0.5, 0.6) is 5.75 Å². The summed E-state index contributed by atoms with van der Waals surface area (Å²) in [5.41, 5.74) is 0.304. The molecule has 0 radical (unpaired) electrons. The first-order chi connectivity index (χ1) is 9.40. The van der Waals surface area contributed by atoms with E-state index in [4.69, 9.17) is 4.74 Å². The van der Waals surface area contributed by atoms with E-state index in [0.717, 1.165) is 12.8 Å². The first kappa shape index (κ1) is 16.9. The number of nitrogens with zero attached hydrogens (tertiary/aromatic N) is 1. The summed E-state index contributed by atoms with van der Waals surface area (Å²) in [5.74, 6) is 0.514. The number of nitro benzene ring substituents is 1. The Labute approximate surface area is 127 Å². The van der Waals surface area contributed by atoms with Gasteiger partial charge in [0.25, 0.3) is 0 Å². The molecule has 0 saturated heterocycles. The Morgan fingerprint density at radius 1 is 1.40 bits per heavy atom. The van der Waals surface area contributed by atoms with Crippen molar-refractivity contribution in [3.8, 4) is 5.75 Å². The van der Waals surface area contributed by atoms with Crippen LogP contribution in [-0.4, -0.2) is 16.6 Å². The van der Waals surface area contributed by atoms with Crippen LogP contribution in [0.4, 0.5) is 5.69 Å². The van der Waals surface area contributed by atoms with Gasteiger partial charge in [0.15, 0.2) is 0 Å². The zero-order chi connectivity index (χ0) is 15.3. The molecule has 0 aliphatic rings. The highest BCUT2D eigenvalue weighted by Gasteiger charge is 2.24. The molecule has 0 heterocycles. The van der Waals surface area contributed by atoms with Crippen LogP contribution < -0.4 is 4.74 Å². The highest BCUT2D eigenvalue weighted by atomic mass is 79.9. The third-order valence-electron chi connectivity index (χ3n) is 3.33. The topological polar surface area (TPSA) is 72.6 Å². The highest BCUT2D eigenvalue weighted by molar-refractivity contribution is 9.10. The molecule has 0 aliphatic heterocycles. The summed E-state index contributed by atoms with van der Waals surface area (Å²) >= 11 is 3.22. The first-order valence-corrected chi connectivity index (χ1v) is 7.48. The zero-order valence-electron chi connectivity index (χ0n) is 11.9. The van der Waals surface area contributed by atoms with E-state index in [1.165, 1.54) is 6.07 Å². The van der Waals surface area contributed by atoms with Gasteiger partial charge in [-0.1, -0.05) is 42.6 Å². The minimum absolute atomic E-state index is 0.124. The van der Waals surface area contributed by atoms with Crippen LogP contribution in [0, 0.1) is 16.0 Å². The molecule has 1 N–H and O–H groups in total. The zero-order valence-corrected chi connectivity index (χ0v) is 13.5. The maximum Gasteiger partial charge on any atom is 0.312 e. The number of hydrogen-bond acceptors (Lipinski definition) is 4. The average molecular weight is 346 g/mol. The maximum absolute atomic E-state index is 11.2. The third kappa shape index (κ3) is 4.18. The average Bonchev–Trinajstić information content (AvgIpc) is 2.40. The van der Waals surface area contributed by atoms with E-state index in [1.54, 1.807) is 13.0 Å². The lowest BCUT2D eigenvalue weighted by atomic mass is 10.0. The number of halogens is 1. The van der Waals surface area contributed by atoms with Gasteiger partial charge < -0.3 is 9.84 Å². The fraction of sp³-hybridized carbons (Fsp3) is 0.571. The number of aliphatic hydroxyl groups is 1. The minimum Gasteiger partial charge on any atom is -0.486 e. The summed E-state index contributed by atoms with van der Waals surface area (Å²) in [5, 5.41) is 20.9. The number of ether oxygens (including phenoxy) is 1. The van der Waals surface area contributed by atoms with E-state index >= 15 is 0 Å². The number of benzene rings is 1. The van der Waals surface area contributed by atoms with Crippen molar-refractivity contribution >= 4 is 21.6 Å². The molecule has 0 spiro atoms.